The van der Waals surface area contributed by atoms with Crippen LogP contribution >= 0.6 is 7.72 Å². The van der Waals surface area contributed by atoms with Gasteiger partial charge in [-0.15, -0.1) is 0 Å². The molecule has 0 aliphatic heterocycles. The van der Waals surface area contributed by atoms with Gasteiger partial charge in [-0.1, -0.05) is 0 Å². The van der Waals surface area contributed by atoms with Crippen molar-refractivity contribution < 1.29 is 45.6 Å². The van der Waals surface area contributed by atoms with Gasteiger partial charge >= 0.3 is 29.6 Å². The summed E-state index contributed by atoms with van der Waals surface area (Å²) in [7, 11) is -2.60. The van der Waals surface area contributed by atoms with Crippen molar-refractivity contribution in [2.75, 3.05) is 26.0 Å². The van der Waals surface area contributed by atoms with Gasteiger partial charge in [0, 0.05) is 0 Å². The van der Waals surface area contributed by atoms with Crippen molar-refractivity contribution in [1.29, 1.82) is 0 Å². The Bertz CT molecular complexity index is 93.3. The van der Waals surface area contributed by atoms with Crippen LogP contribution < -0.4 is 35.0 Å². The second-order valence-corrected chi connectivity index (χ2v) is 4.76. The summed E-state index contributed by atoms with van der Waals surface area (Å²) >= 11 is 0. The average molecular weight is 192 g/mol. The molecule has 3 N–H and O–H groups in total. The van der Waals surface area contributed by atoms with E-state index >= 15 is 0 Å². The van der Waals surface area contributed by atoms with Crippen LogP contribution in [0.2, 0.25) is 0 Å². The molecule has 0 amide bonds. The molecule has 0 aromatic carbocycles. The number of hydroxylamine groups is 1. The fourth-order valence-electron chi connectivity index (χ4n) is 0.432. The van der Waals surface area contributed by atoms with Crippen LogP contribution in [0.4, 0.5) is 0 Å². The molecule has 0 saturated carbocycles. The van der Waals surface area contributed by atoms with E-state index in [0.717, 1.165) is 0 Å². The molecule has 0 aromatic rings. The van der Waals surface area contributed by atoms with Gasteiger partial charge in [-0.25, -0.2) is 9.79 Å². The maximum atomic E-state index is 8.89. The molecule has 4 nitrogen and oxygen atoms in total. The molecule has 0 radical (unpaired) electrons. The number of nitrogens with one attached hydrogen (secondary N) is 1. The molecule has 0 fully saturated rings. The quantitative estimate of drug-likeness (QED) is 0.189. The average Bonchev–Trinajstić information content (AvgIpc) is 1.78. The largest absolute Gasteiger partial charge is 1.00 e. The molecule has 0 atom stereocenters. The zero-order valence-electron chi connectivity index (χ0n) is 8.37. The van der Waals surface area contributed by atoms with Gasteiger partial charge in [-0.05, 0) is 6.92 Å². The van der Waals surface area contributed by atoms with E-state index in [1.165, 1.54) is 6.66 Å². The van der Waals surface area contributed by atoms with Gasteiger partial charge < -0.3 is 6.26 Å². The summed E-state index contributed by atoms with van der Waals surface area (Å²) in [6.07, 6.45) is 0.368. The van der Waals surface area contributed by atoms with Crippen molar-refractivity contribution >= 4 is 7.72 Å². The Morgan fingerprint density at radius 1 is 1.55 bits per heavy atom. The van der Waals surface area contributed by atoms with Crippen molar-refractivity contribution in [1.82, 2.24) is 5.48 Å². The van der Waals surface area contributed by atoms with Crippen molar-refractivity contribution in [3.8, 4) is 0 Å². The summed E-state index contributed by atoms with van der Waals surface area (Å²) in [5.41, 5.74) is 2.60. The molecule has 64 valence electrons. The molecular formula is C5H16NNaO3P+. The predicted molar refractivity (Wildman–Crippen MR) is 42.9 cm³/mol. The maximum Gasteiger partial charge on any atom is 1.00 e. The molecule has 0 aliphatic carbocycles. The summed E-state index contributed by atoms with van der Waals surface area (Å²) in [6, 6.07) is 0. The third kappa shape index (κ3) is 14.2. The number of hydrogen-bond donors (Lipinski definition) is 3. The summed E-state index contributed by atoms with van der Waals surface area (Å²) in [5, 5.41) is 0. The van der Waals surface area contributed by atoms with E-state index in [1.54, 1.807) is 0 Å². The second kappa shape index (κ2) is 7.90. The van der Waals surface area contributed by atoms with E-state index in [4.69, 9.17) is 14.6 Å². The first kappa shape index (κ1) is 14.8. The predicted octanol–water partition coefficient (Wildman–Crippen LogP) is -2.89. The van der Waals surface area contributed by atoms with E-state index in [2.05, 4.69) is 5.48 Å². The van der Waals surface area contributed by atoms with Gasteiger partial charge in [-0.3, -0.25) is 0 Å². The van der Waals surface area contributed by atoms with Gasteiger partial charge in [0.1, 0.15) is 12.8 Å². The summed E-state index contributed by atoms with van der Waals surface area (Å²) in [4.78, 5) is 22.6. The standard InChI is InChI=1S/C5H15NO3P.Na.H/c1-3-9-6-4-5-10(2,7)8;;/h6-8H,3-5H2,1-2H3;;/q2*+1;-1. The summed E-state index contributed by atoms with van der Waals surface area (Å²) < 4.78 is 0. The van der Waals surface area contributed by atoms with Gasteiger partial charge in [0.2, 0.25) is 0 Å². The second-order valence-electron chi connectivity index (χ2n) is 2.14. The van der Waals surface area contributed by atoms with Gasteiger partial charge in [0.15, 0.2) is 0 Å². The van der Waals surface area contributed by atoms with E-state index in [0.29, 0.717) is 19.3 Å². The SMILES string of the molecule is CCONCC[P+](C)(O)O.[H-].[Na+]. The molecule has 0 aliphatic rings. The first-order valence-electron chi connectivity index (χ1n) is 3.22. The van der Waals surface area contributed by atoms with E-state index in [-0.39, 0.29) is 31.0 Å². The molecule has 0 heterocycles. The number of hydrogen-bond acceptors (Lipinski definition) is 4. The fourth-order valence-corrected chi connectivity index (χ4v) is 0.947. The Morgan fingerprint density at radius 2 is 2.09 bits per heavy atom. The molecule has 0 saturated heterocycles. The topological polar surface area (TPSA) is 61.7 Å². The van der Waals surface area contributed by atoms with Crippen molar-refractivity contribution in [3.63, 3.8) is 0 Å². The molecule has 6 heteroatoms. The smallest absolute Gasteiger partial charge is 1.00 e. The first-order chi connectivity index (χ1) is 4.56. The van der Waals surface area contributed by atoms with E-state index in [1.807, 2.05) is 6.92 Å². The third-order valence-electron chi connectivity index (χ3n) is 0.884. The minimum atomic E-state index is -2.60. The van der Waals surface area contributed by atoms with Gasteiger partial charge in [-0.2, -0.15) is 5.48 Å². The molecule has 0 spiro atoms. The van der Waals surface area contributed by atoms with Crippen LogP contribution in [0.15, 0.2) is 0 Å². The Kier molecular flexibility index (Phi) is 10.6. The van der Waals surface area contributed by atoms with Crippen LogP contribution in [0, 0.1) is 0 Å². The maximum absolute atomic E-state index is 8.89. The van der Waals surface area contributed by atoms with Crippen LogP contribution in [0.25, 0.3) is 0 Å². The van der Waals surface area contributed by atoms with Crippen LogP contribution in [0.3, 0.4) is 0 Å². The van der Waals surface area contributed by atoms with Gasteiger partial charge in [0.25, 0.3) is 7.72 Å². The summed E-state index contributed by atoms with van der Waals surface area (Å²) in [5.74, 6) is 0. The van der Waals surface area contributed by atoms with Crippen molar-refractivity contribution in [2.45, 2.75) is 6.92 Å². The first-order valence-corrected chi connectivity index (χ1v) is 5.54. The van der Waals surface area contributed by atoms with Crippen molar-refractivity contribution in [3.05, 3.63) is 0 Å². The van der Waals surface area contributed by atoms with Crippen LogP contribution in [-0.4, -0.2) is 35.8 Å². The Balaban J connectivity index is -0.000000405. The number of rotatable bonds is 5. The third-order valence-corrected chi connectivity index (χ3v) is 1.95. The molecular weight excluding hydrogens is 176 g/mol. The minimum Gasteiger partial charge on any atom is -1.00 e. The Hall–Kier alpha value is 1.27. The monoisotopic (exact) mass is 192 g/mol. The molecule has 11 heavy (non-hydrogen) atoms. The van der Waals surface area contributed by atoms with Crippen LogP contribution in [0.5, 0.6) is 0 Å². The molecule has 0 aromatic heterocycles. The normalized spacial score (nSPS) is 10.9. The minimum absolute atomic E-state index is 0. The summed E-state index contributed by atoms with van der Waals surface area (Å²) in [6.45, 7) is 4.39. The molecule has 0 bridgehead atoms. The fraction of sp³-hybridized carbons (Fsp3) is 1.00. The zero-order chi connectivity index (χ0) is 8.04. The Labute approximate surface area is 91.6 Å². The Morgan fingerprint density at radius 3 is 2.45 bits per heavy atom. The molecule has 0 rings (SSSR count). The van der Waals surface area contributed by atoms with Gasteiger partial charge in [0.05, 0.1) is 13.2 Å². The van der Waals surface area contributed by atoms with E-state index < -0.39 is 7.72 Å². The van der Waals surface area contributed by atoms with E-state index in [9.17, 15) is 0 Å². The van der Waals surface area contributed by atoms with Crippen LogP contribution in [0.1, 0.15) is 8.35 Å². The van der Waals surface area contributed by atoms with Crippen molar-refractivity contribution in [2.24, 2.45) is 0 Å². The zero-order valence-corrected chi connectivity index (χ0v) is 10.3. The van der Waals surface area contributed by atoms with Crippen LogP contribution in [-0.2, 0) is 4.84 Å². The molecule has 0 unspecified atom stereocenters.